The third-order valence-corrected chi connectivity index (χ3v) is 3.93. The van der Waals surface area contributed by atoms with Crippen LogP contribution in [0.1, 0.15) is 19.4 Å². The molecule has 0 saturated carbocycles. The number of hydrogen-bond acceptors (Lipinski definition) is 6. The van der Waals surface area contributed by atoms with Gasteiger partial charge in [-0.1, -0.05) is 0 Å². The first kappa shape index (κ1) is 21.2. The van der Waals surface area contributed by atoms with Crippen LogP contribution in [0.3, 0.4) is 0 Å². The standard InChI is InChI=1S/C21H21F3N4O2/c1-13(2)30-17-10-6-15(7-11-17)27-20-25-12-18(21(22,23)24)19(28-20)26-14-4-8-16(29-3)9-5-14/h4-13H,1-3H3,(H2,25,26,27,28). The summed E-state index contributed by atoms with van der Waals surface area (Å²) in [6, 6.07) is 13.4. The molecule has 0 radical (unpaired) electrons. The van der Waals surface area contributed by atoms with Crippen molar-refractivity contribution in [1.29, 1.82) is 0 Å². The fourth-order valence-electron chi connectivity index (χ4n) is 2.57. The monoisotopic (exact) mass is 418 g/mol. The fourth-order valence-corrected chi connectivity index (χ4v) is 2.57. The van der Waals surface area contributed by atoms with Crippen molar-refractivity contribution in [3.8, 4) is 11.5 Å². The van der Waals surface area contributed by atoms with Crippen LogP contribution in [0, 0.1) is 0 Å². The van der Waals surface area contributed by atoms with E-state index in [9.17, 15) is 13.2 Å². The molecule has 0 fully saturated rings. The first-order chi connectivity index (χ1) is 14.2. The number of methoxy groups -OCH3 is 1. The van der Waals surface area contributed by atoms with Gasteiger partial charge in [-0.3, -0.25) is 0 Å². The average molecular weight is 418 g/mol. The second kappa shape index (κ2) is 8.89. The molecule has 30 heavy (non-hydrogen) atoms. The number of aromatic nitrogens is 2. The van der Waals surface area contributed by atoms with Crippen LogP contribution in [0.25, 0.3) is 0 Å². The number of nitrogens with one attached hydrogen (secondary N) is 2. The molecule has 0 aliphatic carbocycles. The summed E-state index contributed by atoms with van der Waals surface area (Å²) in [5, 5.41) is 5.60. The summed E-state index contributed by atoms with van der Waals surface area (Å²) in [6.07, 6.45) is -3.82. The highest BCUT2D eigenvalue weighted by molar-refractivity contribution is 5.63. The molecule has 2 aromatic carbocycles. The Bertz CT molecular complexity index is 975. The summed E-state index contributed by atoms with van der Waals surface area (Å²) >= 11 is 0. The summed E-state index contributed by atoms with van der Waals surface area (Å²) in [6.45, 7) is 3.83. The largest absolute Gasteiger partial charge is 0.497 e. The molecule has 6 nitrogen and oxygen atoms in total. The van der Waals surface area contributed by atoms with Crippen LogP contribution in [-0.4, -0.2) is 23.2 Å². The molecule has 0 bridgehead atoms. The minimum absolute atomic E-state index is 0.0246. The second-order valence-corrected chi connectivity index (χ2v) is 6.62. The predicted molar refractivity (Wildman–Crippen MR) is 109 cm³/mol. The van der Waals surface area contributed by atoms with Crippen molar-refractivity contribution in [3.05, 3.63) is 60.3 Å². The van der Waals surface area contributed by atoms with Crippen LogP contribution in [0.4, 0.5) is 36.3 Å². The van der Waals surface area contributed by atoms with Crippen LogP contribution in [0.15, 0.2) is 54.7 Å². The van der Waals surface area contributed by atoms with E-state index in [1.54, 1.807) is 48.5 Å². The van der Waals surface area contributed by atoms with E-state index in [4.69, 9.17) is 9.47 Å². The summed E-state index contributed by atoms with van der Waals surface area (Å²) in [5.41, 5.74) is 0.0759. The molecule has 0 atom stereocenters. The summed E-state index contributed by atoms with van der Waals surface area (Å²) in [7, 11) is 1.51. The van der Waals surface area contributed by atoms with Crippen molar-refractivity contribution >= 4 is 23.1 Å². The van der Waals surface area contributed by atoms with Crippen LogP contribution in [-0.2, 0) is 6.18 Å². The van der Waals surface area contributed by atoms with Gasteiger partial charge in [0, 0.05) is 17.6 Å². The minimum Gasteiger partial charge on any atom is -0.497 e. The maximum absolute atomic E-state index is 13.4. The lowest BCUT2D eigenvalue weighted by Gasteiger charge is -2.15. The summed E-state index contributed by atoms with van der Waals surface area (Å²) in [4.78, 5) is 7.83. The smallest absolute Gasteiger partial charge is 0.421 e. The van der Waals surface area contributed by atoms with E-state index < -0.39 is 11.7 Å². The Balaban J connectivity index is 1.84. The van der Waals surface area contributed by atoms with Crippen LogP contribution in [0.2, 0.25) is 0 Å². The number of anilines is 4. The molecule has 1 heterocycles. The predicted octanol–water partition coefficient (Wildman–Crippen LogP) is 5.78. The molecule has 2 N–H and O–H groups in total. The van der Waals surface area contributed by atoms with Crippen molar-refractivity contribution in [3.63, 3.8) is 0 Å². The zero-order chi connectivity index (χ0) is 21.7. The molecular formula is C21H21F3N4O2. The van der Waals surface area contributed by atoms with Crippen molar-refractivity contribution < 1.29 is 22.6 Å². The minimum atomic E-state index is -4.61. The maximum Gasteiger partial charge on any atom is 0.421 e. The molecular weight excluding hydrogens is 397 g/mol. The lowest BCUT2D eigenvalue weighted by Crippen LogP contribution is -2.12. The van der Waals surface area contributed by atoms with Crippen LogP contribution in [0.5, 0.6) is 11.5 Å². The van der Waals surface area contributed by atoms with Gasteiger partial charge in [-0.25, -0.2) is 4.98 Å². The van der Waals surface area contributed by atoms with Crippen LogP contribution >= 0.6 is 0 Å². The van der Waals surface area contributed by atoms with E-state index in [-0.39, 0.29) is 17.9 Å². The number of benzene rings is 2. The third kappa shape index (κ3) is 5.53. The lowest BCUT2D eigenvalue weighted by molar-refractivity contribution is -0.137. The van der Waals surface area contributed by atoms with Gasteiger partial charge in [0.15, 0.2) is 0 Å². The average Bonchev–Trinajstić information content (AvgIpc) is 2.69. The highest BCUT2D eigenvalue weighted by Gasteiger charge is 2.35. The number of nitrogens with zero attached hydrogens (tertiary/aromatic N) is 2. The van der Waals surface area contributed by atoms with Gasteiger partial charge in [-0.05, 0) is 62.4 Å². The van der Waals surface area contributed by atoms with E-state index in [1.165, 1.54) is 7.11 Å². The van der Waals surface area contributed by atoms with Gasteiger partial charge < -0.3 is 20.1 Å². The number of hydrogen-bond donors (Lipinski definition) is 2. The zero-order valence-electron chi connectivity index (χ0n) is 16.6. The number of rotatable bonds is 7. The van der Waals surface area contributed by atoms with E-state index in [2.05, 4.69) is 20.6 Å². The molecule has 3 aromatic rings. The van der Waals surface area contributed by atoms with E-state index in [0.717, 1.165) is 6.20 Å². The molecule has 158 valence electrons. The van der Waals surface area contributed by atoms with Gasteiger partial charge in [0.1, 0.15) is 22.9 Å². The second-order valence-electron chi connectivity index (χ2n) is 6.62. The van der Waals surface area contributed by atoms with Gasteiger partial charge in [-0.15, -0.1) is 0 Å². The first-order valence-electron chi connectivity index (χ1n) is 9.13. The molecule has 0 saturated heterocycles. The molecule has 0 aliphatic heterocycles. The van der Waals surface area contributed by atoms with Crippen molar-refractivity contribution in [2.45, 2.75) is 26.1 Å². The Morgan fingerprint density at radius 1 is 0.867 bits per heavy atom. The SMILES string of the molecule is COc1ccc(Nc2nc(Nc3ccc(OC(C)C)cc3)ncc2C(F)(F)F)cc1. The van der Waals surface area contributed by atoms with E-state index >= 15 is 0 Å². The van der Waals surface area contributed by atoms with E-state index in [1.807, 2.05) is 13.8 Å². The Morgan fingerprint density at radius 2 is 1.43 bits per heavy atom. The molecule has 0 aliphatic rings. The Labute approximate surface area is 172 Å². The van der Waals surface area contributed by atoms with Gasteiger partial charge in [0.05, 0.1) is 13.2 Å². The molecule has 9 heteroatoms. The molecule has 0 spiro atoms. The maximum atomic E-state index is 13.4. The highest BCUT2D eigenvalue weighted by atomic mass is 19.4. The van der Waals surface area contributed by atoms with Crippen molar-refractivity contribution in [1.82, 2.24) is 9.97 Å². The van der Waals surface area contributed by atoms with Gasteiger partial charge in [-0.2, -0.15) is 18.2 Å². The van der Waals surface area contributed by atoms with Gasteiger partial charge >= 0.3 is 6.18 Å². The Kier molecular flexibility index (Phi) is 6.29. The van der Waals surface area contributed by atoms with Gasteiger partial charge in [0.2, 0.25) is 5.95 Å². The molecule has 0 amide bonds. The highest BCUT2D eigenvalue weighted by Crippen LogP contribution is 2.35. The zero-order valence-corrected chi connectivity index (χ0v) is 16.6. The molecule has 3 rings (SSSR count). The molecule has 0 unspecified atom stereocenters. The normalized spacial score (nSPS) is 11.3. The first-order valence-corrected chi connectivity index (χ1v) is 9.13. The summed E-state index contributed by atoms with van der Waals surface area (Å²) in [5.74, 6) is 0.943. The summed E-state index contributed by atoms with van der Waals surface area (Å²) < 4.78 is 50.8. The number of halogens is 3. The Hall–Kier alpha value is -3.49. The quantitative estimate of drug-likeness (QED) is 0.507. The third-order valence-electron chi connectivity index (χ3n) is 3.93. The fraction of sp³-hybridized carbons (Fsp3) is 0.238. The lowest BCUT2D eigenvalue weighted by atomic mass is 10.2. The number of alkyl halides is 3. The molecule has 1 aromatic heterocycles. The van der Waals surface area contributed by atoms with Crippen molar-refractivity contribution in [2.24, 2.45) is 0 Å². The van der Waals surface area contributed by atoms with Gasteiger partial charge in [0.25, 0.3) is 0 Å². The Morgan fingerprint density at radius 3 is 1.97 bits per heavy atom. The topological polar surface area (TPSA) is 68.3 Å². The van der Waals surface area contributed by atoms with Crippen molar-refractivity contribution in [2.75, 3.05) is 17.7 Å². The van der Waals surface area contributed by atoms with E-state index in [0.29, 0.717) is 22.9 Å². The van der Waals surface area contributed by atoms with Crippen LogP contribution < -0.4 is 20.1 Å². The number of ether oxygens (including phenoxy) is 2.